The molecule has 3 nitrogen and oxygen atoms in total. The van der Waals surface area contributed by atoms with E-state index in [9.17, 15) is 4.79 Å². The molecule has 1 atom stereocenters. The highest BCUT2D eigenvalue weighted by Gasteiger charge is 2.15. The average molecular weight is 220 g/mol. The predicted octanol–water partition coefficient (Wildman–Crippen LogP) is 1.68. The van der Waals surface area contributed by atoms with Crippen LogP contribution in [0.1, 0.15) is 25.8 Å². The zero-order chi connectivity index (χ0) is 12.0. The van der Waals surface area contributed by atoms with Gasteiger partial charge in [-0.3, -0.25) is 4.79 Å². The molecular weight excluding hydrogens is 200 g/mol. The van der Waals surface area contributed by atoms with Crippen molar-refractivity contribution in [2.24, 2.45) is 11.7 Å². The first-order valence-corrected chi connectivity index (χ1v) is 5.66. The minimum Gasteiger partial charge on any atom is -0.368 e. The van der Waals surface area contributed by atoms with Gasteiger partial charge in [-0.05, 0) is 17.9 Å². The number of hydrogen-bond acceptors (Lipinski definition) is 2. The summed E-state index contributed by atoms with van der Waals surface area (Å²) in [5.41, 5.74) is 6.51. The van der Waals surface area contributed by atoms with Crippen molar-refractivity contribution in [1.82, 2.24) is 5.32 Å². The molecule has 3 N–H and O–H groups in total. The lowest BCUT2D eigenvalue weighted by molar-refractivity contribution is -0.120. The summed E-state index contributed by atoms with van der Waals surface area (Å²) in [6, 6.07) is 9.77. The van der Waals surface area contributed by atoms with Gasteiger partial charge in [0.2, 0.25) is 5.91 Å². The molecule has 1 rings (SSSR count). The second-order valence-electron chi connectivity index (χ2n) is 4.45. The Balaban J connectivity index is 2.47. The van der Waals surface area contributed by atoms with Crippen LogP contribution in [0.5, 0.6) is 0 Å². The molecular formula is C13H20N2O. The first-order chi connectivity index (χ1) is 7.59. The smallest absolute Gasteiger partial charge is 0.234 e. The summed E-state index contributed by atoms with van der Waals surface area (Å²) in [4.78, 5) is 11.2. The minimum atomic E-state index is -0.273. The van der Waals surface area contributed by atoms with Crippen LogP contribution in [0.3, 0.4) is 0 Å². The van der Waals surface area contributed by atoms with E-state index in [1.807, 2.05) is 30.3 Å². The largest absolute Gasteiger partial charge is 0.368 e. The van der Waals surface area contributed by atoms with Crippen molar-refractivity contribution in [1.29, 1.82) is 0 Å². The molecule has 88 valence electrons. The minimum absolute atomic E-state index is 0.236. The number of benzene rings is 1. The van der Waals surface area contributed by atoms with Crippen molar-refractivity contribution >= 4 is 5.91 Å². The Bertz CT molecular complexity index is 322. The Labute approximate surface area is 97.0 Å². The normalized spacial score (nSPS) is 12.7. The Morgan fingerprint density at radius 1 is 1.31 bits per heavy atom. The number of carbonyl (C=O) groups is 1. The fourth-order valence-corrected chi connectivity index (χ4v) is 1.61. The Morgan fingerprint density at radius 3 is 2.44 bits per heavy atom. The zero-order valence-corrected chi connectivity index (χ0v) is 9.94. The van der Waals surface area contributed by atoms with E-state index in [4.69, 9.17) is 5.73 Å². The van der Waals surface area contributed by atoms with Crippen LogP contribution in [0, 0.1) is 5.92 Å². The number of carbonyl (C=O) groups excluding carboxylic acids is 1. The molecule has 0 aliphatic rings. The maximum atomic E-state index is 11.2. The van der Waals surface area contributed by atoms with Crippen molar-refractivity contribution < 1.29 is 4.79 Å². The van der Waals surface area contributed by atoms with E-state index in [1.165, 1.54) is 0 Å². The third-order valence-electron chi connectivity index (χ3n) is 2.45. The van der Waals surface area contributed by atoms with Crippen LogP contribution >= 0.6 is 0 Å². The molecule has 0 heterocycles. The van der Waals surface area contributed by atoms with E-state index in [1.54, 1.807) is 0 Å². The second-order valence-corrected chi connectivity index (χ2v) is 4.45. The molecule has 0 fully saturated rings. The lowest BCUT2D eigenvalue weighted by atomic mass is 10.0. The monoisotopic (exact) mass is 220 g/mol. The first kappa shape index (κ1) is 12.7. The third-order valence-corrected chi connectivity index (χ3v) is 2.45. The summed E-state index contributed by atoms with van der Waals surface area (Å²) in [6.07, 6.45) is 0.780. The topological polar surface area (TPSA) is 55.1 Å². The molecule has 0 unspecified atom stereocenters. The summed E-state index contributed by atoms with van der Waals surface area (Å²) in [5, 5.41) is 3.19. The van der Waals surface area contributed by atoms with Crippen LogP contribution < -0.4 is 11.1 Å². The second kappa shape index (κ2) is 6.28. The number of nitrogens with two attached hydrogens (primary N) is 1. The molecule has 3 heteroatoms. The molecule has 0 aliphatic heterocycles. The van der Waals surface area contributed by atoms with Gasteiger partial charge < -0.3 is 11.1 Å². The number of hydrogen-bond donors (Lipinski definition) is 2. The lowest BCUT2D eigenvalue weighted by Gasteiger charge is -2.17. The van der Waals surface area contributed by atoms with Gasteiger partial charge in [-0.1, -0.05) is 44.2 Å². The highest BCUT2D eigenvalue weighted by atomic mass is 16.1. The van der Waals surface area contributed by atoms with Gasteiger partial charge in [-0.25, -0.2) is 0 Å². The van der Waals surface area contributed by atoms with E-state index < -0.39 is 0 Å². The number of rotatable bonds is 6. The number of nitrogens with one attached hydrogen (secondary N) is 1. The Morgan fingerprint density at radius 2 is 1.94 bits per heavy atom. The zero-order valence-electron chi connectivity index (χ0n) is 9.94. The van der Waals surface area contributed by atoms with Crippen molar-refractivity contribution in [2.45, 2.75) is 32.9 Å². The molecule has 0 spiro atoms. The van der Waals surface area contributed by atoms with Crippen LogP contribution in [-0.4, -0.2) is 11.9 Å². The van der Waals surface area contributed by atoms with Crippen molar-refractivity contribution in [3.05, 3.63) is 35.9 Å². The molecule has 0 radical (unpaired) electrons. The molecule has 0 saturated carbocycles. The Hall–Kier alpha value is -1.35. The van der Waals surface area contributed by atoms with Gasteiger partial charge in [0.15, 0.2) is 0 Å². The van der Waals surface area contributed by atoms with E-state index in [0.29, 0.717) is 12.5 Å². The van der Waals surface area contributed by atoms with Gasteiger partial charge in [0.1, 0.15) is 0 Å². The molecule has 0 bridgehead atoms. The maximum absolute atomic E-state index is 11.2. The summed E-state index contributed by atoms with van der Waals surface area (Å²) >= 11 is 0. The van der Waals surface area contributed by atoms with E-state index in [0.717, 1.165) is 12.0 Å². The van der Waals surface area contributed by atoms with Crippen molar-refractivity contribution in [3.63, 3.8) is 0 Å². The van der Waals surface area contributed by atoms with Crippen LogP contribution in [0.2, 0.25) is 0 Å². The molecule has 1 amide bonds. The van der Waals surface area contributed by atoms with E-state index in [2.05, 4.69) is 19.2 Å². The highest BCUT2D eigenvalue weighted by Crippen LogP contribution is 2.06. The van der Waals surface area contributed by atoms with Crippen LogP contribution in [0.15, 0.2) is 30.3 Å². The van der Waals surface area contributed by atoms with E-state index in [-0.39, 0.29) is 11.9 Å². The van der Waals surface area contributed by atoms with Gasteiger partial charge >= 0.3 is 0 Å². The molecule has 1 aromatic rings. The maximum Gasteiger partial charge on any atom is 0.234 e. The Kier molecular flexibility index (Phi) is 4.99. The fraction of sp³-hybridized carbons (Fsp3) is 0.462. The van der Waals surface area contributed by atoms with Crippen LogP contribution in [0.25, 0.3) is 0 Å². The molecule has 16 heavy (non-hydrogen) atoms. The van der Waals surface area contributed by atoms with Gasteiger partial charge in [0.25, 0.3) is 0 Å². The van der Waals surface area contributed by atoms with Gasteiger partial charge in [-0.2, -0.15) is 0 Å². The molecule has 0 saturated heterocycles. The number of amides is 1. The summed E-state index contributed by atoms with van der Waals surface area (Å²) in [6.45, 7) is 4.85. The average Bonchev–Trinajstić information content (AvgIpc) is 2.25. The van der Waals surface area contributed by atoms with Crippen LogP contribution in [0.4, 0.5) is 0 Å². The highest BCUT2D eigenvalue weighted by molar-refractivity contribution is 5.79. The summed E-state index contributed by atoms with van der Waals surface area (Å²) in [7, 11) is 0. The molecule has 0 aromatic heterocycles. The quantitative estimate of drug-likeness (QED) is 0.766. The predicted molar refractivity (Wildman–Crippen MR) is 65.7 cm³/mol. The van der Waals surface area contributed by atoms with Gasteiger partial charge in [0, 0.05) is 6.54 Å². The lowest BCUT2D eigenvalue weighted by Crippen LogP contribution is -2.41. The van der Waals surface area contributed by atoms with Crippen molar-refractivity contribution in [2.75, 3.05) is 0 Å². The molecule has 0 aliphatic carbocycles. The summed E-state index contributed by atoms with van der Waals surface area (Å²) in [5.74, 6) is 0.186. The van der Waals surface area contributed by atoms with E-state index >= 15 is 0 Å². The van der Waals surface area contributed by atoms with Gasteiger partial charge in [-0.15, -0.1) is 0 Å². The third kappa shape index (κ3) is 4.45. The SMILES string of the molecule is CC(C)C[C@H](NCc1ccccc1)C(N)=O. The fourth-order valence-electron chi connectivity index (χ4n) is 1.61. The first-order valence-electron chi connectivity index (χ1n) is 5.66. The van der Waals surface area contributed by atoms with Crippen LogP contribution in [-0.2, 0) is 11.3 Å². The molecule has 1 aromatic carbocycles. The number of primary amides is 1. The standard InChI is InChI=1S/C13H20N2O/c1-10(2)8-12(13(14)16)15-9-11-6-4-3-5-7-11/h3-7,10,12,15H,8-9H2,1-2H3,(H2,14,16)/t12-/m0/s1. The summed E-state index contributed by atoms with van der Waals surface area (Å²) < 4.78 is 0. The van der Waals surface area contributed by atoms with Crippen molar-refractivity contribution in [3.8, 4) is 0 Å². The van der Waals surface area contributed by atoms with Gasteiger partial charge in [0.05, 0.1) is 6.04 Å².